The molecule has 176 valence electrons. The van der Waals surface area contributed by atoms with Crippen molar-refractivity contribution in [1.82, 2.24) is 4.90 Å². The van der Waals surface area contributed by atoms with Gasteiger partial charge in [0.2, 0.25) is 11.8 Å². The molecule has 0 atom stereocenters. The maximum Gasteiger partial charge on any atom is 0.228 e. The first-order valence-electron chi connectivity index (χ1n) is 11.3. The fraction of sp³-hybridized carbons (Fsp3) is 0.259. The SMILES string of the molecule is COc1ccc(CC(=O)N2CCN(c3ccc(NC(=O)Cc4ccc(F)cc4)cc3)CC2)cc1. The lowest BCUT2D eigenvalue weighted by molar-refractivity contribution is -0.130. The number of nitrogens with one attached hydrogen (secondary N) is 1. The molecule has 0 saturated carbocycles. The van der Waals surface area contributed by atoms with E-state index < -0.39 is 0 Å². The van der Waals surface area contributed by atoms with Crippen molar-refractivity contribution in [1.29, 1.82) is 0 Å². The Bertz CT molecular complexity index is 1110. The number of benzene rings is 3. The molecule has 0 spiro atoms. The quantitative estimate of drug-likeness (QED) is 0.580. The second-order valence-electron chi connectivity index (χ2n) is 8.29. The second kappa shape index (κ2) is 10.8. The number of carbonyl (C=O) groups excluding carboxylic acids is 2. The second-order valence-corrected chi connectivity index (χ2v) is 8.29. The highest BCUT2D eigenvalue weighted by atomic mass is 19.1. The molecule has 0 radical (unpaired) electrons. The third kappa shape index (κ3) is 6.13. The summed E-state index contributed by atoms with van der Waals surface area (Å²) in [5.41, 5.74) is 3.50. The zero-order chi connectivity index (χ0) is 23.9. The van der Waals surface area contributed by atoms with Gasteiger partial charge in [-0.2, -0.15) is 0 Å². The molecule has 1 aliphatic heterocycles. The van der Waals surface area contributed by atoms with Crippen molar-refractivity contribution in [3.8, 4) is 5.75 Å². The van der Waals surface area contributed by atoms with Crippen LogP contribution < -0.4 is 15.0 Å². The van der Waals surface area contributed by atoms with Crippen molar-refractivity contribution >= 4 is 23.2 Å². The largest absolute Gasteiger partial charge is 0.497 e. The minimum atomic E-state index is -0.317. The van der Waals surface area contributed by atoms with E-state index in [1.54, 1.807) is 19.2 Å². The number of hydrogen-bond donors (Lipinski definition) is 1. The molecule has 0 unspecified atom stereocenters. The van der Waals surface area contributed by atoms with Gasteiger partial charge in [-0.05, 0) is 59.7 Å². The maximum atomic E-state index is 13.0. The molecule has 1 N–H and O–H groups in total. The number of nitrogens with zero attached hydrogens (tertiary/aromatic N) is 2. The highest BCUT2D eigenvalue weighted by molar-refractivity contribution is 5.92. The third-order valence-corrected chi connectivity index (χ3v) is 5.94. The van der Waals surface area contributed by atoms with Crippen LogP contribution in [-0.4, -0.2) is 50.0 Å². The van der Waals surface area contributed by atoms with Crippen LogP contribution in [0.5, 0.6) is 5.75 Å². The summed E-state index contributed by atoms with van der Waals surface area (Å²) in [5.74, 6) is 0.442. The van der Waals surface area contributed by atoms with Crippen LogP contribution in [0.3, 0.4) is 0 Å². The number of hydrogen-bond acceptors (Lipinski definition) is 4. The summed E-state index contributed by atoms with van der Waals surface area (Å²) in [4.78, 5) is 29.1. The molecule has 2 amide bonds. The summed E-state index contributed by atoms with van der Waals surface area (Å²) in [6.07, 6.45) is 0.574. The van der Waals surface area contributed by atoms with Crippen molar-refractivity contribution in [3.63, 3.8) is 0 Å². The maximum absolute atomic E-state index is 13.0. The number of ether oxygens (including phenoxy) is 1. The normalized spacial score (nSPS) is 13.5. The number of piperazine rings is 1. The van der Waals surface area contributed by atoms with Crippen LogP contribution in [0.4, 0.5) is 15.8 Å². The molecular weight excluding hydrogens is 433 g/mol. The number of carbonyl (C=O) groups is 2. The Kier molecular flexibility index (Phi) is 7.42. The molecule has 1 aliphatic rings. The van der Waals surface area contributed by atoms with E-state index in [2.05, 4.69) is 10.2 Å². The summed E-state index contributed by atoms with van der Waals surface area (Å²) in [5, 5.41) is 2.88. The van der Waals surface area contributed by atoms with Gasteiger partial charge in [0.1, 0.15) is 11.6 Å². The van der Waals surface area contributed by atoms with Gasteiger partial charge in [-0.1, -0.05) is 24.3 Å². The van der Waals surface area contributed by atoms with E-state index in [9.17, 15) is 14.0 Å². The summed E-state index contributed by atoms with van der Waals surface area (Å²) in [7, 11) is 1.62. The van der Waals surface area contributed by atoms with E-state index in [1.165, 1.54) is 12.1 Å². The Balaban J connectivity index is 1.25. The minimum Gasteiger partial charge on any atom is -0.497 e. The van der Waals surface area contributed by atoms with E-state index >= 15 is 0 Å². The Morgan fingerprint density at radius 2 is 1.41 bits per heavy atom. The summed E-state index contributed by atoms with van der Waals surface area (Å²) in [6.45, 7) is 2.85. The summed E-state index contributed by atoms with van der Waals surface area (Å²) in [6, 6.07) is 21.2. The first kappa shape index (κ1) is 23.3. The predicted octanol–water partition coefficient (Wildman–Crippen LogP) is 3.91. The van der Waals surface area contributed by atoms with Crippen LogP contribution in [0.2, 0.25) is 0 Å². The van der Waals surface area contributed by atoms with Crippen molar-refractivity contribution in [2.75, 3.05) is 43.5 Å². The highest BCUT2D eigenvalue weighted by Crippen LogP contribution is 2.20. The Labute approximate surface area is 198 Å². The van der Waals surface area contributed by atoms with Crippen LogP contribution in [0.25, 0.3) is 0 Å². The van der Waals surface area contributed by atoms with Gasteiger partial charge in [-0.25, -0.2) is 4.39 Å². The highest BCUT2D eigenvalue weighted by Gasteiger charge is 2.21. The van der Waals surface area contributed by atoms with E-state index in [0.717, 1.165) is 35.7 Å². The number of rotatable bonds is 7. The Hall–Kier alpha value is -3.87. The number of anilines is 2. The van der Waals surface area contributed by atoms with Crippen LogP contribution >= 0.6 is 0 Å². The molecule has 1 fully saturated rings. The lowest BCUT2D eigenvalue weighted by atomic mass is 10.1. The molecule has 4 rings (SSSR count). The van der Waals surface area contributed by atoms with Crippen molar-refractivity contribution < 1.29 is 18.7 Å². The first-order valence-corrected chi connectivity index (χ1v) is 11.3. The van der Waals surface area contributed by atoms with E-state index in [4.69, 9.17) is 4.74 Å². The van der Waals surface area contributed by atoms with Crippen LogP contribution in [0.1, 0.15) is 11.1 Å². The predicted molar refractivity (Wildman–Crippen MR) is 131 cm³/mol. The standard InChI is InChI=1S/C27H28FN3O3/c1-34-25-12-4-21(5-13-25)19-27(33)31-16-14-30(15-17-31)24-10-8-23(9-11-24)29-26(32)18-20-2-6-22(28)7-3-20/h2-13H,14-19H2,1H3,(H,29,32). The van der Waals surface area contributed by atoms with Gasteiger partial charge in [0.15, 0.2) is 0 Å². The third-order valence-electron chi connectivity index (χ3n) is 5.94. The van der Waals surface area contributed by atoms with Crippen LogP contribution in [-0.2, 0) is 22.4 Å². The van der Waals surface area contributed by atoms with E-state index in [1.807, 2.05) is 53.4 Å². The smallest absolute Gasteiger partial charge is 0.228 e. The molecule has 3 aromatic rings. The number of halogens is 1. The van der Waals surface area contributed by atoms with E-state index in [0.29, 0.717) is 25.2 Å². The zero-order valence-corrected chi connectivity index (χ0v) is 19.2. The fourth-order valence-corrected chi connectivity index (χ4v) is 3.99. The lowest BCUT2D eigenvalue weighted by Gasteiger charge is -2.36. The molecule has 7 heteroatoms. The van der Waals surface area contributed by atoms with E-state index in [-0.39, 0.29) is 24.1 Å². The van der Waals surface area contributed by atoms with Gasteiger partial charge in [0, 0.05) is 37.6 Å². The topological polar surface area (TPSA) is 61.9 Å². The average molecular weight is 462 g/mol. The van der Waals surface area contributed by atoms with Crippen molar-refractivity contribution in [2.24, 2.45) is 0 Å². The van der Waals surface area contributed by atoms with Crippen molar-refractivity contribution in [2.45, 2.75) is 12.8 Å². The van der Waals surface area contributed by atoms with Crippen LogP contribution in [0, 0.1) is 5.82 Å². The Morgan fingerprint density at radius 3 is 2.03 bits per heavy atom. The van der Waals surface area contributed by atoms with Gasteiger partial charge >= 0.3 is 0 Å². The molecule has 0 bridgehead atoms. The zero-order valence-electron chi connectivity index (χ0n) is 19.2. The minimum absolute atomic E-state index is 0.129. The molecule has 0 aliphatic carbocycles. The lowest BCUT2D eigenvalue weighted by Crippen LogP contribution is -2.49. The Morgan fingerprint density at radius 1 is 0.824 bits per heavy atom. The molecule has 0 aromatic heterocycles. The molecule has 6 nitrogen and oxygen atoms in total. The van der Waals surface area contributed by atoms with Gasteiger partial charge < -0.3 is 19.9 Å². The fourth-order valence-electron chi connectivity index (χ4n) is 3.99. The summed E-state index contributed by atoms with van der Waals surface area (Å²) < 4.78 is 18.2. The number of methoxy groups -OCH3 is 1. The van der Waals surface area contributed by atoms with Gasteiger partial charge in [0.05, 0.1) is 20.0 Å². The molecule has 34 heavy (non-hydrogen) atoms. The molecular formula is C27H28FN3O3. The number of amides is 2. The van der Waals surface area contributed by atoms with Crippen molar-refractivity contribution in [3.05, 3.63) is 89.7 Å². The van der Waals surface area contributed by atoms with Gasteiger partial charge in [-0.15, -0.1) is 0 Å². The van der Waals surface area contributed by atoms with Crippen LogP contribution in [0.15, 0.2) is 72.8 Å². The van der Waals surface area contributed by atoms with Gasteiger partial charge in [-0.3, -0.25) is 9.59 Å². The molecule has 3 aromatic carbocycles. The average Bonchev–Trinajstić information content (AvgIpc) is 2.86. The van der Waals surface area contributed by atoms with Gasteiger partial charge in [0.25, 0.3) is 0 Å². The summed E-state index contributed by atoms with van der Waals surface area (Å²) >= 11 is 0. The molecule has 1 saturated heterocycles. The first-order chi connectivity index (χ1) is 16.5. The molecule has 1 heterocycles. The monoisotopic (exact) mass is 461 g/mol.